The minimum absolute atomic E-state index is 0.0247. The smallest absolute Gasteiger partial charge is 0.280 e. The molecule has 0 saturated carbocycles. The third kappa shape index (κ3) is 4.33. The number of rotatable bonds is 5. The molecule has 4 nitrogen and oxygen atoms in total. The zero-order valence-corrected chi connectivity index (χ0v) is 19.0. The van der Waals surface area contributed by atoms with Gasteiger partial charge in [0.1, 0.15) is 18.0 Å². The van der Waals surface area contributed by atoms with Crippen molar-refractivity contribution in [1.82, 2.24) is 0 Å². The van der Waals surface area contributed by atoms with E-state index in [1.54, 1.807) is 24.3 Å². The molecule has 0 saturated heterocycles. The van der Waals surface area contributed by atoms with Crippen LogP contribution in [0.15, 0.2) is 63.7 Å². The van der Waals surface area contributed by atoms with Crippen molar-refractivity contribution in [2.24, 2.45) is 5.10 Å². The van der Waals surface area contributed by atoms with Crippen molar-refractivity contribution >= 4 is 39.3 Å². The van der Waals surface area contributed by atoms with Crippen LogP contribution < -0.4 is 9.75 Å². The Labute approximate surface area is 199 Å². The molecular weight excluding hydrogens is 523 g/mol. The summed E-state index contributed by atoms with van der Waals surface area (Å²) in [5.41, 5.74) is -0.168. The molecule has 1 heterocycles. The zero-order chi connectivity index (χ0) is 24.6. The Balaban J connectivity index is 1.66. The molecule has 0 bridgehead atoms. The summed E-state index contributed by atoms with van der Waals surface area (Å²) in [6, 6.07) is 14.2. The Morgan fingerprint density at radius 2 is 1.50 bits per heavy atom. The molecule has 0 aromatic heterocycles. The van der Waals surface area contributed by atoms with Gasteiger partial charge >= 0.3 is 0 Å². The van der Waals surface area contributed by atoms with Crippen molar-refractivity contribution in [3.63, 3.8) is 0 Å². The van der Waals surface area contributed by atoms with Crippen molar-refractivity contribution in [3.05, 3.63) is 98.8 Å². The predicted octanol–water partition coefficient (Wildman–Crippen LogP) is 6.53. The van der Waals surface area contributed by atoms with Gasteiger partial charge in [0.2, 0.25) is 5.82 Å². The molecule has 0 aliphatic carbocycles. The first-order valence-corrected chi connectivity index (χ1v) is 10.6. The molecule has 0 radical (unpaired) electrons. The van der Waals surface area contributed by atoms with Crippen LogP contribution in [0.5, 0.6) is 5.75 Å². The van der Waals surface area contributed by atoms with Gasteiger partial charge in [0, 0.05) is 10.0 Å². The number of carbonyl (C=O) groups excluding carboxylic acids is 1. The molecule has 0 unspecified atom stereocenters. The van der Waals surface area contributed by atoms with Crippen LogP contribution in [0.4, 0.5) is 27.6 Å². The van der Waals surface area contributed by atoms with Crippen LogP contribution in [0, 0.1) is 29.1 Å². The van der Waals surface area contributed by atoms with E-state index in [1.165, 1.54) is 13.0 Å². The highest BCUT2D eigenvalue weighted by Gasteiger charge is 2.37. The molecule has 1 aliphatic rings. The minimum Gasteiger partial charge on any atom is -0.488 e. The monoisotopic (exact) mass is 536 g/mol. The van der Waals surface area contributed by atoms with Crippen molar-refractivity contribution in [2.75, 3.05) is 5.01 Å². The zero-order valence-electron chi connectivity index (χ0n) is 17.4. The largest absolute Gasteiger partial charge is 0.488 e. The molecule has 34 heavy (non-hydrogen) atoms. The van der Waals surface area contributed by atoms with Crippen LogP contribution in [0.25, 0.3) is 6.08 Å². The number of anilines is 1. The first-order valence-electron chi connectivity index (χ1n) is 9.78. The van der Waals surface area contributed by atoms with E-state index in [0.29, 0.717) is 11.3 Å². The Morgan fingerprint density at radius 3 is 2.15 bits per heavy atom. The minimum atomic E-state index is -2.32. The van der Waals surface area contributed by atoms with Gasteiger partial charge in [0.25, 0.3) is 5.91 Å². The molecule has 3 aromatic rings. The summed E-state index contributed by atoms with van der Waals surface area (Å²) in [6.07, 6.45) is 1.38. The second-order valence-corrected chi connectivity index (χ2v) is 8.15. The maximum atomic E-state index is 14.2. The van der Waals surface area contributed by atoms with Gasteiger partial charge in [-0.05, 0) is 36.8 Å². The highest BCUT2D eigenvalue weighted by molar-refractivity contribution is 9.10. The Bertz CT molecular complexity index is 1330. The maximum absolute atomic E-state index is 14.2. The molecule has 1 aliphatic heterocycles. The second kappa shape index (κ2) is 9.38. The van der Waals surface area contributed by atoms with E-state index in [9.17, 15) is 26.7 Å². The van der Waals surface area contributed by atoms with E-state index in [1.807, 2.05) is 24.3 Å². The summed E-state index contributed by atoms with van der Waals surface area (Å²) < 4.78 is 75.9. The Morgan fingerprint density at radius 1 is 0.912 bits per heavy atom. The van der Waals surface area contributed by atoms with Crippen molar-refractivity contribution in [3.8, 4) is 5.75 Å². The normalized spacial score (nSPS) is 14.7. The van der Waals surface area contributed by atoms with E-state index in [4.69, 9.17) is 4.74 Å². The van der Waals surface area contributed by atoms with Gasteiger partial charge in [-0.3, -0.25) is 4.79 Å². The average molecular weight is 537 g/mol. The van der Waals surface area contributed by atoms with Gasteiger partial charge in [0.15, 0.2) is 23.3 Å². The lowest BCUT2D eigenvalue weighted by Gasteiger charge is -2.15. The molecule has 3 aromatic carbocycles. The first-order chi connectivity index (χ1) is 16.2. The summed E-state index contributed by atoms with van der Waals surface area (Å²) in [5.74, 6) is -11.6. The number of benzene rings is 3. The number of carbonyl (C=O) groups is 1. The quantitative estimate of drug-likeness (QED) is 0.161. The number of ether oxygens (including phenoxy) is 1. The number of amides is 1. The van der Waals surface area contributed by atoms with Gasteiger partial charge in [-0.2, -0.15) is 10.1 Å². The van der Waals surface area contributed by atoms with Crippen molar-refractivity contribution in [2.45, 2.75) is 13.5 Å². The molecule has 174 valence electrons. The molecule has 0 spiro atoms. The summed E-state index contributed by atoms with van der Waals surface area (Å²) in [7, 11) is 0. The fraction of sp³-hybridized carbons (Fsp3) is 0.0833. The molecule has 0 atom stereocenters. The van der Waals surface area contributed by atoms with Crippen LogP contribution in [0.3, 0.4) is 0 Å². The molecule has 4 rings (SSSR count). The lowest BCUT2D eigenvalue weighted by atomic mass is 10.1. The lowest BCUT2D eigenvalue weighted by Crippen LogP contribution is -2.25. The van der Waals surface area contributed by atoms with Crippen LogP contribution in [-0.2, 0) is 11.4 Å². The standard InChI is InChI=1S/C24H14BrF5N2O2/c1-12-16(24(33)32(31-12)23-21(29)19(27)18(26)20(28)22(23)30)10-14-4-2-3-5-17(14)34-11-13-6-8-15(25)9-7-13/h2-10H,11H2,1H3/b16-10+. The Hall–Kier alpha value is -3.53. The van der Waals surface area contributed by atoms with Crippen molar-refractivity contribution < 1.29 is 31.5 Å². The van der Waals surface area contributed by atoms with E-state index in [-0.39, 0.29) is 22.9 Å². The molecular formula is C24H14BrF5N2O2. The highest BCUT2D eigenvalue weighted by atomic mass is 79.9. The van der Waals surface area contributed by atoms with Crippen LogP contribution in [0.1, 0.15) is 18.1 Å². The van der Waals surface area contributed by atoms with Gasteiger partial charge < -0.3 is 4.74 Å². The highest BCUT2D eigenvalue weighted by Crippen LogP contribution is 2.34. The van der Waals surface area contributed by atoms with Gasteiger partial charge in [-0.25, -0.2) is 22.0 Å². The lowest BCUT2D eigenvalue weighted by molar-refractivity contribution is -0.114. The maximum Gasteiger partial charge on any atom is 0.280 e. The van der Waals surface area contributed by atoms with Crippen LogP contribution in [-0.4, -0.2) is 11.6 Å². The summed E-state index contributed by atoms with van der Waals surface area (Å²) >= 11 is 3.35. The number of hydrogen-bond donors (Lipinski definition) is 0. The van der Waals surface area contributed by atoms with Gasteiger partial charge in [0.05, 0.1) is 11.3 Å². The number of hydrogen-bond acceptors (Lipinski definition) is 3. The van der Waals surface area contributed by atoms with E-state index >= 15 is 0 Å². The Kier molecular flexibility index (Phi) is 6.52. The summed E-state index contributed by atoms with van der Waals surface area (Å²) in [4.78, 5) is 12.9. The van der Waals surface area contributed by atoms with Crippen LogP contribution >= 0.6 is 15.9 Å². The number of halogens is 6. The molecule has 0 N–H and O–H groups in total. The molecule has 0 fully saturated rings. The number of hydrazone groups is 1. The van der Waals surface area contributed by atoms with Crippen molar-refractivity contribution in [1.29, 1.82) is 0 Å². The first kappa shape index (κ1) is 23.6. The van der Waals surface area contributed by atoms with Crippen LogP contribution in [0.2, 0.25) is 0 Å². The summed E-state index contributed by atoms with van der Waals surface area (Å²) in [5, 5.41) is 3.90. The second-order valence-electron chi connectivity index (χ2n) is 7.23. The number of nitrogens with zero attached hydrogens (tertiary/aromatic N) is 2. The SMILES string of the molecule is CC1=NN(c2c(F)c(F)c(F)c(F)c2F)C(=O)/C1=C/c1ccccc1OCc1ccc(Br)cc1. The fourth-order valence-electron chi connectivity index (χ4n) is 3.24. The fourth-order valence-corrected chi connectivity index (χ4v) is 3.51. The van der Waals surface area contributed by atoms with Gasteiger partial charge in [-0.15, -0.1) is 0 Å². The van der Waals surface area contributed by atoms with E-state index in [2.05, 4.69) is 21.0 Å². The van der Waals surface area contributed by atoms with E-state index in [0.717, 1.165) is 10.0 Å². The average Bonchev–Trinajstić information content (AvgIpc) is 3.10. The predicted molar refractivity (Wildman–Crippen MR) is 120 cm³/mol. The molecule has 1 amide bonds. The summed E-state index contributed by atoms with van der Waals surface area (Å²) in [6.45, 7) is 1.60. The topological polar surface area (TPSA) is 41.9 Å². The molecule has 10 heteroatoms. The van der Waals surface area contributed by atoms with Gasteiger partial charge in [-0.1, -0.05) is 46.3 Å². The third-order valence-corrected chi connectivity index (χ3v) is 5.52. The van der Waals surface area contributed by atoms with E-state index < -0.39 is 40.7 Å². The number of para-hydroxylation sites is 1. The third-order valence-electron chi connectivity index (χ3n) is 4.99.